The molecule has 0 bridgehead atoms. The fourth-order valence-corrected chi connectivity index (χ4v) is 3.92. The van der Waals surface area contributed by atoms with E-state index in [0.717, 1.165) is 22.2 Å². The van der Waals surface area contributed by atoms with Crippen LogP contribution in [0.2, 0.25) is 0 Å². The number of amides is 1. The Morgan fingerprint density at radius 2 is 1.79 bits per heavy atom. The van der Waals surface area contributed by atoms with Crippen molar-refractivity contribution in [2.24, 2.45) is 5.92 Å². The minimum atomic E-state index is -0.0264. The van der Waals surface area contributed by atoms with Gasteiger partial charge in [-0.25, -0.2) is 0 Å². The van der Waals surface area contributed by atoms with Gasteiger partial charge < -0.3 is 5.32 Å². The van der Waals surface area contributed by atoms with Crippen molar-refractivity contribution in [2.75, 3.05) is 6.54 Å². The zero-order valence-corrected chi connectivity index (χ0v) is 17.6. The number of carbonyl (C=O) groups is 1. The zero-order chi connectivity index (χ0) is 20.1. The summed E-state index contributed by atoms with van der Waals surface area (Å²) in [7, 11) is 0. The minimum absolute atomic E-state index is 0.0264. The number of thioether (sulfide) groups is 1. The van der Waals surface area contributed by atoms with E-state index >= 15 is 0 Å². The molecule has 3 rings (SSSR count). The zero-order valence-electron chi connectivity index (χ0n) is 16.8. The lowest BCUT2D eigenvalue weighted by Crippen LogP contribution is -2.28. The van der Waals surface area contributed by atoms with E-state index in [1.54, 1.807) is 11.8 Å². The summed E-state index contributed by atoms with van der Waals surface area (Å²) in [4.78, 5) is 12.6. The maximum atomic E-state index is 12.6. The lowest BCUT2D eigenvalue weighted by Gasteiger charge is -2.13. The molecule has 1 N–H and O–H groups in total. The van der Waals surface area contributed by atoms with Gasteiger partial charge in [0.15, 0.2) is 5.16 Å². The number of carbonyl (C=O) groups excluding carboxylic acids is 1. The van der Waals surface area contributed by atoms with Crippen LogP contribution >= 0.6 is 11.8 Å². The standard InChI is InChI=1S/C22H26N4OS/c1-15(2)13-23-21(27)19-11-7-6-10-18(19)14-28-22-25-24-17(4)26(22)20-12-8-5-9-16(20)3/h5-12,15H,13-14H2,1-4H3,(H,23,27). The summed E-state index contributed by atoms with van der Waals surface area (Å²) in [6.07, 6.45) is 0. The normalized spacial score (nSPS) is 11.0. The van der Waals surface area contributed by atoms with E-state index in [-0.39, 0.29) is 5.91 Å². The van der Waals surface area contributed by atoms with E-state index in [4.69, 9.17) is 0 Å². The van der Waals surface area contributed by atoms with Gasteiger partial charge in [-0.15, -0.1) is 10.2 Å². The number of aromatic nitrogens is 3. The fourth-order valence-electron chi connectivity index (χ4n) is 2.93. The molecular weight excluding hydrogens is 368 g/mol. The van der Waals surface area contributed by atoms with Gasteiger partial charge in [0.05, 0.1) is 5.69 Å². The Labute approximate surface area is 170 Å². The van der Waals surface area contributed by atoms with Crippen LogP contribution in [0.15, 0.2) is 53.7 Å². The average Bonchev–Trinajstić information content (AvgIpc) is 3.05. The van der Waals surface area contributed by atoms with Gasteiger partial charge in [-0.2, -0.15) is 0 Å². The molecule has 0 unspecified atom stereocenters. The molecule has 0 aliphatic carbocycles. The van der Waals surface area contributed by atoms with Crippen LogP contribution in [0, 0.1) is 19.8 Å². The van der Waals surface area contributed by atoms with Crippen molar-refractivity contribution >= 4 is 17.7 Å². The van der Waals surface area contributed by atoms with Gasteiger partial charge >= 0.3 is 0 Å². The van der Waals surface area contributed by atoms with Crippen molar-refractivity contribution in [1.29, 1.82) is 0 Å². The van der Waals surface area contributed by atoms with Crippen molar-refractivity contribution in [3.05, 3.63) is 71.0 Å². The summed E-state index contributed by atoms with van der Waals surface area (Å²) >= 11 is 1.59. The number of rotatable bonds is 7. The second kappa shape index (κ2) is 9.06. The highest BCUT2D eigenvalue weighted by Crippen LogP contribution is 2.27. The van der Waals surface area contributed by atoms with Gasteiger partial charge in [-0.1, -0.05) is 62.0 Å². The topological polar surface area (TPSA) is 59.8 Å². The summed E-state index contributed by atoms with van der Waals surface area (Å²) in [5.74, 6) is 1.89. The summed E-state index contributed by atoms with van der Waals surface area (Å²) in [5.41, 5.74) is 3.95. The summed E-state index contributed by atoms with van der Waals surface area (Å²) < 4.78 is 2.07. The molecule has 0 aliphatic heterocycles. The van der Waals surface area contributed by atoms with Crippen LogP contribution in [0.5, 0.6) is 0 Å². The first-order valence-electron chi connectivity index (χ1n) is 9.44. The predicted molar refractivity (Wildman–Crippen MR) is 114 cm³/mol. The number of hydrogen-bond acceptors (Lipinski definition) is 4. The molecule has 0 saturated heterocycles. The first-order chi connectivity index (χ1) is 13.5. The molecule has 146 valence electrons. The van der Waals surface area contributed by atoms with Gasteiger partial charge in [0, 0.05) is 17.9 Å². The molecule has 0 radical (unpaired) electrons. The number of benzene rings is 2. The van der Waals surface area contributed by atoms with Crippen LogP contribution in [-0.4, -0.2) is 27.2 Å². The number of nitrogens with one attached hydrogen (secondary N) is 1. The lowest BCUT2D eigenvalue weighted by atomic mass is 10.1. The monoisotopic (exact) mass is 394 g/mol. The van der Waals surface area contributed by atoms with Crippen LogP contribution in [0.1, 0.15) is 41.2 Å². The Hall–Kier alpha value is -2.60. The van der Waals surface area contributed by atoms with Gasteiger partial charge in [0.2, 0.25) is 0 Å². The Kier molecular flexibility index (Phi) is 6.52. The molecule has 6 heteroatoms. The van der Waals surface area contributed by atoms with E-state index in [9.17, 15) is 4.79 Å². The van der Waals surface area contributed by atoms with Crippen molar-refractivity contribution in [3.8, 4) is 5.69 Å². The largest absolute Gasteiger partial charge is 0.352 e. The highest BCUT2D eigenvalue weighted by Gasteiger charge is 2.16. The molecule has 2 aromatic carbocycles. The van der Waals surface area contributed by atoms with Crippen molar-refractivity contribution in [1.82, 2.24) is 20.1 Å². The molecule has 0 spiro atoms. The van der Waals surface area contributed by atoms with Crippen LogP contribution in [0.4, 0.5) is 0 Å². The summed E-state index contributed by atoms with van der Waals surface area (Å²) in [5, 5.41) is 12.5. The van der Waals surface area contributed by atoms with Gasteiger partial charge in [-0.05, 0) is 43.0 Å². The molecule has 1 aromatic heterocycles. The third-order valence-electron chi connectivity index (χ3n) is 4.44. The second-order valence-electron chi connectivity index (χ2n) is 7.20. The Morgan fingerprint density at radius 3 is 2.54 bits per heavy atom. The number of hydrogen-bond donors (Lipinski definition) is 1. The molecular formula is C22H26N4OS. The summed E-state index contributed by atoms with van der Waals surface area (Å²) in [6, 6.07) is 15.9. The first kappa shape index (κ1) is 20.1. The molecule has 0 aliphatic rings. The van der Waals surface area contributed by atoms with Crippen LogP contribution in [-0.2, 0) is 5.75 Å². The number of nitrogens with zero attached hydrogens (tertiary/aromatic N) is 3. The lowest BCUT2D eigenvalue weighted by molar-refractivity contribution is 0.0948. The van der Waals surface area contributed by atoms with E-state index in [0.29, 0.717) is 23.8 Å². The minimum Gasteiger partial charge on any atom is -0.352 e. The number of para-hydroxylation sites is 1. The number of aryl methyl sites for hydroxylation is 2. The maximum Gasteiger partial charge on any atom is 0.251 e. The van der Waals surface area contributed by atoms with E-state index in [1.165, 1.54) is 5.56 Å². The molecule has 0 atom stereocenters. The van der Waals surface area contributed by atoms with Crippen molar-refractivity contribution < 1.29 is 4.79 Å². The second-order valence-corrected chi connectivity index (χ2v) is 8.14. The SMILES string of the molecule is Cc1ccccc1-n1c(C)nnc1SCc1ccccc1C(=O)NCC(C)C. The molecule has 1 amide bonds. The van der Waals surface area contributed by atoms with E-state index in [1.807, 2.05) is 43.3 Å². The van der Waals surface area contributed by atoms with Crippen LogP contribution in [0.3, 0.4) is 0 Å². The molecule has 0 fully saturated rings. The predicted octanol–water partition coefficient (Wildman–Crippen LogP) is 4.56. The summed E-state index contributed by atoms with van der Waals surface area (Å²) in [6.45, 7) is 8.88. The molecule has 3 aromatic rings. The van der Waals surface area contributed by atoms with E-state index in [2.05, 4.69) is 53.0 Å². The highest BCUT2D eigenvalue weighted by molar-refractivity contribution is 7.98. The smallest absolute Gasteiger partial charge is 0.251 e. The molecule has 1 heterocycles. The Morgan fingerprint density at radius 1 is 1.07 bits per heavy atom. The fraction of sp³-hybridized carbons (Fsp3) is 0.318. The van der Waals surface area contributed by atoms with Gasteiger partial charge in [0.25, 0.3) is 5.91 Å². The third-order valence-corrected chi connectivity index (χ3v) is 5.42. The average molecular weight is 395 g/mol. The highest BCUT2D eigenvalue weighted by atomic mass is 32.2. The Balaban J connectivity index is 1.81. The molecule has 0 saturated carbocycles. The Bertz CT molecular complexity index is 965. The van der Waals surface area contributed by atoms with Crippen molar-refractivity contribution in [3.63, 3.8) is 0 Å². The quantitative estimate of drug-likeness (QED) is 0.597. The van der Waals surface area contributed by atoms with Crippen LogP contribution in [0.25, 0.3) is 5.69 Å². The van der Waals surface area contributed by atoms with Crippen molar-refractivity contribution in [2.45, 2.75) is 38.6 Å². The van der Waals surface area contributed by atoms with Gasteiger partial charge in [0.1, 0.15) is 5.82 Å². The third kappa shape index (κ3) is 4.62. The van der Waals surface area contributed by atoms with Crippen LogP contribution < -0.4 is 5.32 Å². The maximum absolute atomic E-state index is 12.6. The molecule has 5 nitrogen and oxygen atoms in total. The first-order valence-corrected chi connectivity index (χ1v) is 10.4. The van der Waals surface area contributed by atoms with E-state index < -0.39 is 0 Å². The van der Waals surface area contributed by atoms with Gasteiger partial charge in [-0.3, -0.25) is 9.36 Å². The molecule has 28 heavy (non-hydrogen) atoms.